The van der Waals surface area contributed by atoms with E-state index in [1.165, 1.54) is 47.7 Å². The van der Waals surface area contributed by atoms with Gasteiger partial charge in [0, 0.05) is 36.1 Å². The maximum Gasteiger partial charge on any atom is 0.0594 e. The molecule has 0 atom stereocenters. The average Bonchev–Trinajstić information content (AvgIpc) is 2.62. The van der Waals surface area contributed by atoms with E-state index in [1.54, 1.807) is 0 Å². The Labute approximate surface area is 148 Å². The number of morpholine rings is 1. The SMILES string of the molecule is NCC1(c2ccc(CCN3CCOCC3)c(Br)c2)CCCCC1. The fraction of sp³-hybridized carbons (Fsp3) is 0.684. The summed E-state index contributed by atoms with van der Waals surface area (Å²) in [4.78, 5) is 2.49. The molecule has 1 saturated heterocycles. The Balaban J connectivity index is 1.67. The number of ether oxygens (including phenoxy) is 1. The molecule has 4 heteroatoms. The van der Waals surface area contributed by atoms with E-state index in [0.29, 0.717) is 0 Å². The Morgan fingerprint density at radius 3 is 2.52 bits per heavy atom. The van der Waals surface area contributed by atoms with E-state index >= 15 is 0 Å². The number of benzene rings is 1. The van der Waals surface area contributed by atoms with Crippen LogP contribution in [0.4, 0.5) is 0 Å². The van der Waals surface area contributed by atoms with Crippen LogP contribution in [0.2, 0.25) is 0 Å². The van der Waals surface area contributed by atoms with E-state index in [9.17, 15) is 0 Å². The first-order chi connectivity index (χ1) is 11.2. The van der Waals surface area contributed by atoms with Crippen LogP contribution in [0.5, 0.6) is 0 Å². The number of nitrogens with zero attached hydrogens (tertiary/aromatic N) is 1. The van der Waals surface area contributed by atoms with Crippen LogP contribution in [0.1, 0.15) is 43.2 Å². The molecule has 1 aromatic carbocycles. The first kappa shape index (κ1) is 17.4. The summed E-state index contributed by atoms with van der Waals surface area (Å²) in [6.45, 7) is 5.76. The predicted octanol–water partition coefficient (Wildman–Crippen LogP) is 3.48. The third-order valence-electron chi connectivity index (χ3n) is 5.67. The lowest BCUT2D eigenvalue weighted by molar-refractivity contribution is 0.0384. The first-order valence-electron chi connectivity index (χ1n) is 9.03. The molecule has 1 heterocycles. The lowest BCUT2D eigenvalue weighted by atomic mass is 9.69. The van der Waals surface area contributed by atoms with Crippen molar-refractivity contribution in [1.29, 1.82) is 0 Å². The van der Waals surface area contributed by atoms with Gasteiger partial charge < -0.3 is 10.5 Å². The minimum Gasteiger partial charge on any atom is -0.379 e. The lowest BCUT2D eigenvalue weighted by Gasteiger charge is -2.37. The molecule has 1 aliphatic heterocycles. The largest absolute Gasteiger partial charge is 0.379 e. The molecule has 2 N–H and O–H groups in total. The summed E-state index contributed by atoms with van der Waals surface area (Å²) in [6, 6.07) is 6.98. The molecule has 1 aliphatic carbocycles. The molecule has 3 rings (SSSR count). The summed E-state index contributed by atoms with van der Waals surface area (Å²) in [5.74, 6) is 0. The molecule has 2 fully saturated rings. The minimum absolute atomic E-state index is 0.212. The van der Waals surface area contributed by atoms with Crippen LogP contribution >= 0.6 is 15.9 Å². The molecule has 1 aromatic rings. The van der Waals surface area contributed by atoms with Gasteiger partial charge in [-0.3, -0.25) is 4.90 Å². The van der Waals surface area contributed by atoms with Crippen LogP contribution in [0, 0.1) is 0 Å². The number of hydrogen-bond donors (Lipinski definition) is 1. The zero-order chi connectivity index (χ0) is 16.1. The Kier molecular flexibility index (Phi) is 6.13. The van der Waals surface area contributed by atoms with Gasteiger partial charge in [0.1, 0.15) is 0 Å². The van der Waals surface area contributed by atoms with Gasteiger partial charge in [0.25, 0.3) is 0 Å². The molecule has 1 saturated carbocycles. The van der Waals surface area contributed by atoms with E-state index in [0.717, 1.165) is 45.8 Å². The summed E-state index contributed by atoms with van der Waals surface area (Å²) in [5, 5.41) is 0. The standard InChI is InChI=1S/C19H29BrN2O/c20-18-14-17(19(15-21)7-2-1-3-8-19)5-4-16(18)6-9-22-10-12-23-13-11-22/h4-5,14H,1-3,6-13,15,21H2. The molecule has 0 spiro atoms. The quantitative estimate of drug-likeness (QED) is 0.849. The molecule has 0 aromatic heterocycles. The van der Waals surface area contributed by atoms with E-state index in [2.05, 4.69) is 39.0 Å². The van der Waals surface area contributed by atoms with E-state index in [1.807, 2.05) is 0 Å². The maximum absolute atomic E-state index is 6.18. The van der Waals surface area contributed by atoms with Crippen LogP contribution in [-0.2, 0) is 16.6 Å². The van der Waals surface area contributed by atoms with Crippen molar-refractivity contribution in [3.63, 3.8) is 0 Å². The van der Waals surface area contributed by atoms with Crippen molar-refractivity contribution in [3.05, 3.63) is 33.8 Å². The van der Waals surface area contributed by atoms with Crippen LogP contribution < -0.4 is 5.73 Å². The molecule has 0 radical (unpaired) electrons. The van der Waals surface area contributed by atoms with Gasteiger partial charge in [-0.05, 0) is 36.5 Å². The van der Waals surface area contributed by atoms with Gasteiger partial charge in [-0.1, -0.05) is 47.3 Å². The molecule has 23 heavy (non-hydrogen) atoms. The Hall–Kier alpha value is -0.420. The Morgan fingerprint density at radius 2 is 1.87 bits per heavy atom. The van der Waals surface area contributed by atoms with Crippen molar-refractivity contribution in [2.75, 3.05) is 39.4 Å². The number of hydrogen-bond acceptors (Lipinski definition) is 3. The van der Waals surface area contributed by atoms with E-state index < -0.39 is 0 Å². The summed E-state index contributed by atoms with van der Waals surface area (Å²) in [7, 11) is 0. The second kappa shape index (κ2) is 8.11. The predicted molar refractivity (Wildman–Crippen MR) is 98.9 cm³/mol. The molecule has 0 amide bonds. The van der Waals surface area contributed by atoms with Crippen molar-refractivity contribution in [1.82, 2.24) is 4.90 Å². The monoisotopic (exact) mass is 380 g/mol. The van der Waals surface area contributed by atoms with Crippen LogP contribution in [0.3, 0.4) is 0 Å². The minimum atomic E-state index is 0.212. The second-order valence-electron chi connectivity index (χ2n) is 7.06. The summed E-state index contributed by atoms with van der Waals surface area (Å²) < 4.78 is 6.67. The molecule has 0 unspecified atom stereocenters. The maximum atomic E-state index is 6.18. The highest BCUT2D eigenvalue weighted by Gasteiger charge is 2.32. The van der Waals surface area contributed by atoms with Gasteiger partial charge in [-0.15, -0.1) is 0 Å². The second-order valence-corrected chi connectivity index (χ2v) is 7.91. The van der Waals surface area contributed by atoms with Gasteiger partial charge in [0.15, 0.2) is 0 Å². The van der Waals surface area contributed by atoms with Crippen molar-refractivity contribution >= 4 is 15.9 Å². The topological polar surface area (TPSA) is 38.5 Å². The molecule has 128 valence electrons. The highest BCUT2D eigenvalue weighted by atomic mass is 79.9. The lowest BCUT2D eigenvalue weighted by Crippen LogP contribution is -2.37. The number of nitrogens with two attached hydrogens (primary N) is 1. The highest BCUT2D eigenvalue weighted by molar-refractivity contribution is 9.10. The molecular weight excluding hydrogens is 352 g/mol. The van der Waals surface area contributed by atoms with Crippen LogP contribution in [-0.4, -0.2) is 44.3 Å². The van der Waals surface area contributed by atoms with Crippen LogP contribution in [0.15, 0.2) is 22.7 Å². The fourth-order valence-electron chi connectivity index (χ4n) is 4.02. The summed E-state index contributed by atoms with van der Waals surface area (Å²) in [5.41, 5.74) is 9.23. The van der Waals surface area contributed by atoms with Gasteiger partial charge in [-0.2, -0.15) is 0 Å². The van der Waals surface area contributed by atoms with Crippen molar-refractivity contribution in [3.8, 4) is 0 Å². The smallest absolute Gasteiger partial charge is 0.0594 e. The van der Waals surface area contributed by atoms with E-state index in [4.69, 9.17) is 10.5 Å². The Bertz CT molecular complexity index is 508. The van der Waals surface area contributed by atoms with E-state index in [-0.39, 0.29) is 5.41 Å². The zero-order valence-electron chi connectivity index (χ0n) is 14.0. The fourth-order valence-corrected chi connectivity index (χ4v) is 4.60. The number of rotatable bonds is 5. The Morgan fingerprint density at radius 1 is 1.13 bits per heavy atom. The van der Waals surface area contributed by atoms with Crippen molar-refractivity contribution in [2.24, 2.45) is 5.73 Å². The van der Waals surface area contributed by atoms with Crippen molar-refractivity contribution in [2.45, 2.75) is 43.9 Å². The normalized spacial score (nSPS) is 22.2. The molecule has 3 nitrogen and oxygen atoms in total. The van der Waals surface area contributed by atoms with Gasteiger partial charge in [-0.25, -0.2) is 0 Å². The van der Waals surface area contributed by atoms with Gasteiger partial charge >= 0.3 is 0 Å². The molecule has 2 aliphatic rings. The summed E-state index contributed by atoms with van der Waals surface area (Å²) in [6.07, 6.45) is 7.56. The zero-order valence-corrected chi connectivity index (χ0v) is 15.6. The highest BCUT2D eigenvalue weighted by Crippen LogP contribution is 2.39. The molecule has 0 bridgehead atoms. The third kappa shape index (κ3) is 4.16. The summed E-state index contributed by atoms with van der Waals surface area (Å²) >= 11 is 3.81. The first-order valence-corrected chi connectivity index (χ1v) is 9.82. The van der Waals surface area contributed by atoms with Gasteiger partial charge in [0.2, 0.25) is 0 Å². The van der Waals surface area contributed by atoms with Crippen molar-refractivity contribution < 1.29 is 4.74 Å². The average molecular weight is 381 g/mol. The van der Waals surface area contributed by atoms with Crippen LogP contribution in [0.25, 0.3) is 0 Å². The number of halogens is 1. The molecular formula is C19H29BrN2O. The van der Waals surface area contributed by atoms with Gasteiger partial charge in [0.05, 0.1) is 13.2 Å². The third-order valence-corrected chi connectivity index (χ3v) is 6.41.